The van der Waals surface area contributed by atoms with Crippen LogP contribution in [0.2, 0.25) is 0 Å². The van der Waals surface area contributed by atoms with E-state index in [1.54, 1.807) is 0 Å². The van der Waals surface area contributed by atoms with Gasteiger partial charge in [0, 0.05) is 0 Å². The highest BCUT2D eigenvalue weighted by Crippen LogP contribution is 1.97. The fourth-order valence-corrected chi connectivity index (χ4v) is 0.456. The molecule has 0 rings (SSSR count). The van der Waals surface area contributed by atoms with Gasteiger partial charge in [0.2, 0.25) is 0 Å². The van der Waals surface area contributed by atoms with E-state index in [2.05, 4.69) is 0 Å². The molecule has 3 heteroatoms. The summed E-state index contributed by atoms with van der Waals surface area (Å²) >= 11 is 5.13. The Balaban J connectivity index is 0. The molecule has 0 aliphatic heterocycles. The maximum absolute atomic E-state index is 8.32. The van der Waals surface area contributed by atoms with E-state index >= 15 is 0 Å². The van der Waals surface area contributed by atoms with Gasteiger partial charge in [-0.1, -0.05) is 24.9 Å². The molecule has 0 aromatic rings. The average Bonchev–Trinajstić information content (AvgIpc) is 1.35. The number of rotatable bonds is 2. The third-order valence-electron chi connectivity index (χ3n) is 0.527. The van der Waals surface area contributed by atoms with Crippen LogP contribution in [0.25, 0.3) is 0 Å². The Hall–Kier alpha value is 0.210. The van der Waals surface area contributed by atoms with Crippen molar-refractivity contribution in [2.75, 3.05) is 0 Å². The van der Waals surface area contributed by atoms with Gasteiger partial charge in [0.1, 0.15) is 5.56 Å². The van der Waals surface area contributed by atoms with Gasteiger partial charge in [-0.15, -0.1) is 0 Å². The number of alkyl halides is 1. The summed E-state index contributed by atoms with van der Waals surface area (Å²) in [5, 5.41) is 8.32. The minimum Gasteiger partial charge on any atom is -0.378 e. The highest BCUT2D eigenvalue weighted by Gasteiger charge is 1.90. The average molecular weight is 126 g/mol. The predicted molar refractivity (Wildman–Crippen MR) is 31.8 cm³/mol. The molecule has 1 unspecified atom stereocenters. The summed E-state index contributed by atoms with van der Waals surface area (Å²) in [7, 11) is 0. The molecular formula is C4H12ClNO. The van der Waals surface area contributed by atoms with Gasteiger partial charge in [-0.3, -0.25) is 0 Å². The zero-order valence-corrected chi connectivity index (χ0v) is 5.28. The zero-order valence-electron chi connectivity index (χ0n) is 4.52. The summed E-state index contributed by atoms with van der Waals surface area (Å²) in [6.45, 7) is 1.98. The van der Waals surface area contributed by atoms with Crippen molar-refractivity contribution >= 4 is 11.6 Å². The van der Waals surface area contributed by atoms with Crippen molar-refractivity contribution in [1.82, 2.24) is 6.15 Å². The minimum atomic E-state index is -0.630. The summed E-state index contributed by atoms with van der Waals surface area (Å²) in [4.78, 5) is 0. The number of hydrogen-bond acceptors (Lipinski definition) is 2. The second-order valence-electron chi connectivity index (χ2n) is 1.22. The first-order valence-corrected chi connectivity index (χ1v) is 2.53. The van der Waals surface area contributed by atoms with Gasteiger partial charge >= 0.3 is 0 Å². The second kappa shape index (κ2) is 6.21. The van der Waals surface area contributed by atoms with Crippen molar-refractivity contribution in [3.05, 3.63) is 0 Å². The standard InChI is InChI=1S/C4H9ClO.H3N/c1-2-3-4(5)6;/h4,6H,2-3H2,1H3;1H3. The summed E-state index contributed by atoms with van der Waals surface area (Å²) in [5.74, 6) is 0. The molecule has 46 valence electrons. The lowest BCUT2D eigenvalue weighted by Gasteiger charge is -1.92. The van der Waals surface area contributed by atoms with E-state index < -0.39 is 5.56 Å². The molecule has 0 fully saturated rings. The van der Waals surface area contributed by atoms with Crippen LogP contribution in [0.4, 0.5) is 0 Å². The van der Waals surface area contributed by atoms with Crippen molar-refractivity contribution in [3.8, 4) is 0 Å². The van der Waals surface area contributed by atoms with Gasteiger partial charge in [-0.2, -0.15) is 0 Å². The summed E-state index contributed by atoms with van der Waals surface area (Å²) < 4.78 is 0. The van der Waals surface area contributed by atoms with Crippen LogP contribution in [0.1, 0.15) is 19.8 Å². The first kappa shape index (κ1) is 10.2. The summed E-state index contributed by atoms with van der Waals surface area (Å²) in [5.41, 5.74) is -0.630. The Morgan fingerprint density at radius 3 is 2.14 bits per heavy atom. The van der Waals surface area contributed by atoms with E-state index in [-0.39, 0.29) is 6.15 Å². The largest absolute Gasteiger partial charge is 0.378 e. The van der Waals surface area contributed by atoms with E-state index in [9.17, 15) is 0 Å². The van der Waals surface area contributed by atoms with Crippen LogP contribution >= 0.6 is 11.6 Å². The molecule has 0 saturated carbocycles. The van der Waals surface area contributed by atoms with Crippen LogP contribution in [0, 0.1) is 0 Å². The number of aliphatic hydroxyl groups excluding tert-OH is 1. The van der Waals surface area contributed by atoms with Crippen molar-refractivity contribution in [3.63, 3.8) is 0 Å². The van der Waals surface area contributed by atoms with Crippen LogP contribution in [0.3, 0.4) is 0 Å². The fraction of sp³-hybridized carbons (Fsp3) is 1.00. The lowest BCUT2D eigenvalue weighted by molar-refractivity contribution is 0.244. The summed E-state index contributed by atoms with van der Waals surface area (Å²) in [6, 6.07) is 0. The van der Waals surface area contributed by atoms with E-state index in [1.807, 2.05) is 6.92 Å². The van der Waals surface area contributed by atoms with E-state index in [0.717, 1.165) is 6.42 Å². The van der Waals surface area contributed by atoms with Gasteiger partial charge in [-0.25, -0.2) is 0 Å². The molecule has 1 atom stereocenters. The molecule has 0 radical (unpaired) electrons. The predicted octanol–water partition coefficient (Wildman–Crippen LogP) is 1.51. The molecule has 0 aliphatic rings. The lowest BCUT2D eigenvalue weighted by atomic mass is 10.4. The molecule has 0 aliphatic carbocycles. The molecule has 0 heterocycles. The van der Waals surface area contributed by atoms with Crippen LogP contribution in [0.15, 0.2) is 0 Å². The van der Waals surface area contributed by atoms with Gasteiger partial charge in [0.25, 0.3) is 0 Å². The molecule has 0 spiro atoms. The molecule has 2 nitrogen and oxygen atoms in total. The van der Waals surface area contributed by atoms with Crippen molar-refractivity contribution in [2.45, 2.75) is 25.3 Å². The molecule has 0 saturated heterocycles. The molecular weight excluding hydrogens is 114 g/mol. The van der Waals surface area contributed by atoms with Crippen LogP contribution in [-0.4, -0.2) is 10.7 Å². The van der Waals surface area contributed by atoms with Gasteiger partial charge in [0.15, 0.2) is 0 Å². The van der Waals surface area contributed by atoms with Crippen LogP contribution in [0.5, 0.6) is 0 Å². The zero-order chi connectivity index (χ0) is 4.99. The van der Waals surface area contributed by atoms with Crippen molar-refractivity contribution < 1.29 is 5.11 Å². The monoisotopic (exact) mass is 125 g/mol. The lowest BCUT2D eigenvalue weighted by Crippen LogP contribution is -1.91. The number of halogens is 1. The Morgan fingerprint density at radius 1 is 1.71 bits per heavy atom. The Kier molecular flexibility index (Phi) is 9.09. The van der Waals surface area contributed by atoms with Crippen molar-refractivity contribution in [2.24, 2.45) is 0 Å². The molecule has 7 heavy (non-hydrogen) atoms. The second-order valence-corrected chi connectivity index (χ2v) is 1.73. The van der Waals surface area contributed by atoms with E-state index in [0.29, 0.717) is 6.42 Å². The summed E-state index contributed by atoms with van der Waals surface area (Å²) in [6.07, 6.45) is 1.65. The van der Waals surface area contributed by atoms with Gasteiger partial charge in [-0.05, 0) is 6.42 Å². The topological polar surface area (TPSA) is 55.2 Å². The first-order valence-electron chi connectivity index (χ1n) is 2.09. The van der Waals surface area contributed by atoms with E-state index in [1.165, 1.54) is 0 Å². The third-order valence-corrected chi connectivity index (χ3v) is 0.745. The molecule has 0 aromatic carbocycles. The highest BCUT2D eigenvalue weighted by atomic mass is 35.5. The molecule has 4 N–H and O–H groups in total. The van der Waals surface area contributed by atoms with Crippen LogP contribution < -0.4 is 6.15 Å². The van der Waals surface area contributed by atoms with Gasteiger partial charge in [0.05, 0.1) is 0 Å². The SMILES string of the molecule is CCCC(O)Cl.N. The van der Waals surface area contributed by atoms with Crippen LogP contribution in [-0.2, 0) is 0 Å². The van der Waals surface area contributed by atoms with Gasteiger partial charge < -0.3 is 11.3 Å². The highest BCUT2D eigenvalue weighted by molar-refractivity contribution is 6.19. The molecule has 0 amide bonds. The first-order chi connectivity index (χ1) is 2.77. The third kappa shape index (κ3) is 10.7. The maximum atomic E-state index is 8.32. The normalized spacial score (nSPS) is 12.4. The van der Waals surface area contributed by atoms with Crippen molar-refractivity contribution in [1.29, 1.82) is 0 Å². The Bertz CT molecular complexity index is 32.9. The molecule has 0 bridgehead atoms. The molecule has 0 aromatic heterocycles. The van der Waals surface area contributed by atoms with E-state index in [4.69, 9.17) is 16.7 Å². The Morgan fingerprint density at radius 2 is 2.14 bits per heavy atom. The minimum absolute atomic E-state index is 0. The smallest absolute Gasteiger partial charge is 0.128 e. The quantitative estimate of drug-likeness (QED) is 0.550. The number of hydrogen-bond donors (Lipinski definition) is 2. The Labute approximate surface area is 49.1 Å². The number of aliphatic hydroxyl groups is 1. The maximum Gasteiger partial charge on any atom is 0.128 e. The fourth-order valence-electron chi connectivity index (χ4n) is 0.238.